The molecule has 21 heavy (non-hydrogen) atoms. The quantitative estimate of drug-likeness (QED) is 0.670. The molecule has 2 aromatic rings. The number of thiocarbonyl (C=S) groups is 1. The number of benzene rings is 2. The van der Waals surface area contributed by atoms with Gasteiger partial charge in [-0.25, -0.2) is 13.2 Å². The van der Waals surface area contributed by atoms with Crippen LogP contribution in [0.2, 0.25) is 0 Å². The van der Waals surface area contributed by atoms with Gasteiger partial charge in [0.15, 0.2) is 11.6 Å². The van der Waals surface area contributed by atoms with Gasteiger partial charge in [-0.15, -0.1) is 0 Å². The zero-order valence-corrected chi connectivity index (χ0v) is 11.7. The van der Waals surface area contributed by atoms with E-state index in [1.807, 2.05) is 0 Å². The Morgan fingerprint density at radius 1 is 1.14 bits per heavy atom. The molecule has 3 N–H and O–H groups in total. The Balaban J connectivity index is 2.50. The maximum atomic E-state index is 13.7. The lowest BCUT2D eigenvalue weighted by molar-refractivity contribution is 0.415. The van der Waals surface area contributed by atoms with E-state index in [4.69, 9.17) is 22.7 Å². The summed E-state index contributed by atoms with van der Waals surface area (Å²) in [4.78, 5) is 0.0532. The van der Waals surface area contributed by atoms with E-state index in [0.717, 1.165) is 6.07 Å². The van der Waals surface area contributed by atoms with Gasteiger partial charge in [0, 0.05) is 23.8 Å². The highest BCUT2D eigenvalue weighted by molar-refractivity contribution is 7.80. The van der Waals surface area contributed by atoms with Crippen molar-refractivity contribution in [1.82, 2.24) is 0 Å². The van der Waals surface area contributed by atoms with Gasteiger partial charge in [-0.1, -0.05) is 12.2 Å². The maximum absolute atomic E-state index is 13.7. The summed E-state index contributed by atoms with van der Waals surface area (Å²) in [5, 5.41) is 2.58. The van der Waals surface area contributed by atoms with Crippen LogP contribution in [0.4, 0.5) is 24.5 Å². The Kier molecular flexibility index (Phi) is 4.32. The summed E-state index contributed by atoms with van der Waals surface area (Å²) in [7, 11) is 1.45. The smallest absolute Gasteiger partial charge is 0.182 e. The number of methoxy groups -OCH3 is 1. The molecule has 110 valence electrons. The molecule has 3 nitrogen and oxygen atoms in total. The van der Waals surface area contributed by atoms with Crippen LogP contribution in [0, 0.1) is 17.5 Å². The first-order valence-electron chi connectivity index (χ1n) is 5.81. The number of nitrogens with one attached hydrogen (secondary N) is 1. The van der Waals surface area contributed by atoms with Crippen molar-refractivity contribution in [2.45, 2.75) is 0 Å². The van der Waals surface area contributed by atoms with Crippen LogP contribution in [-0.2, 0) is 0 Å². The van der Waals surface area contributed by atoms with Crippen molar-refractivity contribution in [2.24, 2.45) is 5.73 Å². The van der Waals surface area contributed by atoms with E-state index in [1.165, 1.54) is 13.2 Å². The van der Waals surface area contributed by atoms with Crippen molar-refractivity contribution in [3.8, 4) is 5.75 Å². The van der Waals surface area contributed by atoms with Crippen LogP contribution in [0.5, 0.6) is 5.75 Å². The topological polar surface area (TPSA) is 47.3 Å². The van der Waals surface area contributed by atoms with E-state index in [2.05, 4.69) is 5.32 Å². The molecule has 0 saturated heterocycles. The SMILES string of the molecule is COc1ccc(C(N)=S)c(Nc2cc(F)cc(F)c2F)c1. The van der Waals surface area contributed by atoms with Crippen LogP contribution in [0.3, 0.4) is 0 Å². The highest BCUT2D eigenvalue weighted by Crippen LogP contribution is 2.28. The summed E-state index contributed by atoms with van der Waals surface area (Å²) in [5.41, 5.74) is 5.88. The van der Waals surface area contributed by atoms with Crippen LogP contribution in [-0.4, -0.2) is 12.1 Å². The van der Waals surface area contributed by atoms with Crippen molar-refractivity contribution in [2.75, 3.05) is 12.4 Å². The summed E-state index contributed by atoms with van der Waals surface area (Å²) in [5.74, 6) is -2.95. The number of anilines is 2. The van der Waals surface area contributed by atoms with Gasteiger partial charge < -0.3 is 15.8 Å². The second kappa shape index (κ2) is 6.01. The molecule has 0 fully saturated rings. The van der Waals surface area contributed by atoms with Crippen LogP contribution in [0.25, 0.3) is 0 Å². The van der Waals surface area contributed by atoms with Crippen molar-refractivity contribution in [1.29, 1.82) is 0 Å². The number of ether oxygens (including phenoxy) is 1. The highest BCUT2D eigenvalue weighted by Gasteiger charge is 2.14. The largest absolute Gasteiger partial charge is 0.497 e. The predicted molar refractivity (Wildman–Crippen MR) is 78.5 cm³/mol. The minimum absolute atomic E-state index is 0.0532. The van der Waals surface area contributed by atoms with Gasteiger partial charge in [0.1, 0.15) is 16.6 Å². The molecule has 0 spiro atoms. The minimum Gasteiger partial charge on any atom is -0.497 e. The third-order valence-electron chi connectivity index (χ3n) is 2.75. The molecule has 0 heterocycles. The predicted octanol–water partition coefficient (Wildman–Crippen LogP) is 3.49. The average molecular weight is 312 g/mol. The molecule has 0 aliphatic carbocycles. The normalized spacial score (nSPS) is 10.3. The Morgan fingerprint density at radius 3 is 2.48 bits per heavy atom. The zero-order valence-electron chi connectivity index (χ0n) is 10.9. The Morgan fingerprint density at radius 2 is 1.86 bits per heavy atom. The standard InChI is InChI=1S/C14H11F3N2OS/c1-20-8-2-3-9(14(18)21)11(6-8)19-12-5-7(15)4-10(16)13(12)17/h2-6,19H,1H3,(H2,18,21). The van der Waals surface area contributed by atoms with Gasteiger partial charge in [-0.05, 0) is 12.1 Å². The first-order chi connectivity index (χ1) is 9.92. The zero-order chi connectivity index (χ0) is 15.6. The fourth-order valence-electron chi connectivity index (χ4n) is 1.76. The maximum Gasteiger partial charge on any atom is 0.182 e. The van der Waals surface area contributed by atoms with Crippen molar-refractivity contribution >= 4 is 28.6 Å². The first kappa shape index (κ1) is 15.1. The van der Waals surface area contributed by atoms with Gasteiger partial charge in [0.2, 0.25) is 0 Å². The fraction of sp³-hybridized carbons (Fsp3) is 0.0714. The molecule has 0 amide bonds. The number of halogens is 3. The average Bonchev–Trinajstić information content (AvgIpc) is 2.43. The van der Waals surface area contributed by atoms with E-state index in [-0.39, 0.29) is 16.4 Å². The third kappa shape index (κ3) is 3.25. The summed E-state index contributed by atoms with van der Waals surface area (Å²) < 4.78 is 45.1. The van der Waals surface area contributed by atoms with E-state index in [9.17, 15) is 13.2 Å². The third-order valence-corrected chi connectivity index (χ3v) is 2.97. The molecule has 0 saturated carbocycles. The van der Waals surface area contributed by atoms with Gasteiger partial charge in [-0.3, -0.25) is 0 Å². The number of hydrogen-bond donors (Lipinski definition) is 2. The van der Waals surface area contributed by atoms with Gasteiger partial charge in [0.05, 0.1) is 18.5 Å². The summed E-state index contributed by atoms with van der Waals surface area (Å²) in [6, 6.07) is 5.97. The van der Waals surface area contributed by atoms with Gasteiger partial charge >= 0.3 is 0 Å². The summed E-state index contributed by atoms with van der Waals surface area (Å²) in [6.07, 6.45) is 0. The molecule has 2 rings (SSSR count). The van der Waals surface area contributed by atoms with Crippen molar-refractivity contribution in [3.05, 3.63) is 53.3 Å². The lowest BCUT2D eigenvalue weighted by atomic mass is 10.1. The number of hydrogen-bond acceptors (Lipinski definition) is 3. The summed E-state index contributed by atoms with van der Waals surface area (Å²) in [6.45, 7) is 0. The molecule has 0 atom stereocenters. The second-order valence-electron chi connectivity index (χ2n) is 4.15. The fourth-order valence-corrected chi connectivity index (χ4v) is 1.94. The lowest BCUT2D eigenvalue weighted by Gasteiger charge is -2.13. The van der Waals surface area contributed by atoms with Crippen LogP contribution in [0.15, 0.2) is 30.3 Å². The molecule has 2 aromatic carbocycles. The van der Waals surface area contributed by atoms with Crippen LogP contribution >= 0.6 is 12.2 Å². The first-order valence-corrected chi connectivity index (χ1v) is 6.22. The minimum atomic E-state index is -1.29. The molecule has 0 aliphatic heterocycles. The Hall–Kier alpha value is -2.28. The second-order valence-corrected chi connectivity index (χ2v) is 4.59. The van der Waals surface area contributed by atoms with Gasteiger partial charge in [-0.2, -0.15) is 0 Å². The van der Waals surface area contributed by atoms with Gasteiger partial charge in [0.25, 0.3) is 0 Å². The Bertz CT molecular complexity index is 707. The van der Waals surface area contributed by atoms with E-state index >= 15 is 0 Å². The molecular weight excluding hydrogens is 301 g/mol. The van der Waals surface area contributed by atoms with Crippen LogP contribution < -0.4 is 15.8 Å². The van der Waals surface area contributed by atoms with E-state index < -0.39 is 17.5 Å². The number of nitrogens with two attached hydrogens (primary N) is 1. The lowest BCUT2D eigenvalue weighted by Crippen LogP contribution is -2.12. The van der Waals surface area contributed by atoms with Crippen molar-refractivity contribution < 1.29 is 17.9 Å². The van der Waals surface area contributed by atoms with Crippen molar-refractivity contribution in [3.63, 3.8) is 0 Å². The molecule has 0 aromatic heterocycles. The highest BCUT2D eigenvalue weighted by atomic mass is 32.1. The van der Waals surface area contributed by atoms with E-state index in [0.29, 0.717) is 17.4 Å². The monoisotopic (exact) mass is 312 g/mol. The van der Waals surface area contributed by atoms with E-state index in [1.54, 1.807) is 12.1 Å². The molecular formula is C14H11F3N2OS. The van der Waals surface area contributed by atoms with Crippen LogP contribution in [0.1, 0.15) is 5.56 Å². The molecule has 0 radical (unpaired) electrons. The molecule has 0 aliphatic rings. The number of rotatable bonds is 4. The Labute approximate surface area is 124 Å². The molecule has 0 bridgehead atoms. The molecule has 0 unspecified atom stereocenters. The molecule has 7 heteroatoms. The summed E-state index contributed by atoms with van der Waals surface area (Å²) >= 11 is 4.88.